The number of carbonyl (C=O) groups excluding carboxylic acids is 2. The third-order valence-corrected chi connectivity index (χ3v) is 3.92. The average Bonchev–Trinajstić information content (AvgIpc) is 2.55. The highest BCUT2D eigenvalue weighted by atomic mass is 35.5. The van der Waals surface area contributed by atoms with Crippen LogP contribution in [0.1, 0.15) is 26.3 Å². The molecule has 2 aromatic rings. The second-order valence-corrected chi connectivity index (χ2v) is 6.14. The molecule has 2 rings (SSSR count). The monoisotopic (exact) mass is 368 g/mol. The fourth-order valence-corrected chi connectivity index (χ4v) is 2.47. The summed E-state index contributed by atoms with van der Waals surface area (Å²) in [7, 11) is 3.34. The maximum atomic E-state index is 13.5. The van der Waals surface area contributed by atoms with Crippen molar-refractivity contribution in [2.45, 2.75) is 6.54 Å². The van der Waals surface area contributed by atoms with Crippen molar-refractivity contribution < 1.29 is 14.0 Å². The fraction of sp³-hybridized carbons (Fsp3) is 0.176. The number of nitrogens with zero attached hydrogens (tertiary/aromatic N) is 1. The van der Waals surface area contributed by atoms with Gasteiger partial charge in [-0.15, -0.1) is 0 Å². The zero-order chi connectivity index (χ0) is 17.9. The largest absolute Gasteiger partial charge is 0.348 e. The molecule has 2 aromatic carbocycles. The van der Waals surface area contributed by atoms with Crippen molar-refractivity contribution in [1.29, 1.82) is 0 Å². The predicted octanol–water partition coefficient (Wildman–Crippen LogP) is 3.76. The molecule has 7 heteroatoms. The van der Waals surface area contributed by atoms with Gasteiger partial charge in [0.2, 0.25) is 0 Å². The van der Waals surface area contributed by atoms with Gasteiger partial charge >= 0.3 is 0 Å². The molecule has 0 aliphatic heterocycles. The topological polar surface area (TPSA) is 49.4 Å². The van der Waals surface area contributed by atoms with Gasteiger partial charge in [0.1, 0.15) is 5.82 Å². The van der Waals surface area contributed by atoms with Crippen molar-refractivity contribution in [3.8, 4) is 0 Å². The van der Waals surface area contributed by atoms with Gasteiger partial charge in [-0.05, 0) is 29.8 Å². The quantitative estimate of drug-likeness (QED) is 0.835. The molecule has 0 atom stereocenters. The van der Waals surface area contributed by atoms with E-state index in [1.165, 1.54) is 11.0 Å². The minimum absolute atomic E-state index is 0.0120. The summed E-state index contributed by atoms with van der Waals surface area (Å²) in [5.41, 5.74) is 1.36. The van der Waals surface area contributed by atoms with Crippen molar-refractivity contribution in [1.82, 2.24) is 10.2 Å². The Morgan fingerprint density at radius 1 is 1.08 bits per heavy atom. The molecule has 4 nitrogen and oxygen atoms in total. The first-order valence-corrected chi connectivity index (χ1v) is 7.78. The van der Waals surface area contributed by atoms with Gasteiger partial charge in [0, 0.05) is 26.2 Å². The summed E-state index contributed by atoms with van der Waals surface area (Å²) < 4.78 is 13.5. The molecule has 0 unspecified atom stereocenters. The van der Waals surface area contributed by atoms with E-state index in [-0.39, 0.29) is 28.1 Å². The average molecular weight is 369 g/mol. The Morgan fingerprint density at radius 2 is 1.71 bits per heavy atom. The molecule has 0 aliphatic rings. The van der Waals surface area contributed by atoms with Gasteiger partial charge in [-0.25, -0.2) is 4.39 Å². The van der Waals surface area contributed by atoms with Crippen LogP contribution < -0.4 is 5.32 Å². The highest BCUT2D eigenvalue weighted by molar-refractivity contribution is 6.36. The van der Waals surface area contributed by atoms with E-state index >= 15 is 0 Å². The predicted molar refractivity (Wildman–Crippen MR) is 92.0 cm³/mol. The van der Waals surface area contributed by atoms with E-state index in [1.54, 1.807) is 38.4 Å². The van der Waals surface area contributed by atoms with Gasteiger partial charge in [0.05, 0.1) is 15.6 Å². The summed E-state index contributed by atoms with van der Waals surface area (Å²) in [6, 6.07) is 9.02. The third-order valence-electron chi connectivity index (χ3n) is 3.31. The zero-order valence-electron chi connectivity index (χ0n) is 13.1. The number of rotatable bonds is 4. The van der Waals surface area contributed by atoms with Crippen LogP contribution in [0, 0.1) is 5.82 Å². The smallest absolute Gasteiger partial charge is 0.253 e. The summed E-state index contributed by atoms with van der Waals surface area (Å²) in [6.07, 6.45) is 0. The Bertz CT molecular complexity index is 777. The highest BCUT2D eigenvalue weighted by Gasteiger charge is 2.14. The first kappa shape index (κ1) is 18.2. The molecule has 0 fully saturated rings. The van der Waals surface area contributed by atoms with Gasteiger partial charge in [0.15, 0.2) is 0 Å². The van der Waals surface area contributed by atoms with Crippen molar-refractivity contribution in [2.24, 2.45) is 0 Å². The molecular formula is C17H15Cl2FN2O2. The van der Waals surface area contributed by atoms with Crippen LogP contribution in [0.25, 0.3) is 0 Å². The lowest BCUT2D eigenvalue weighted by molar-refractivity contribution is 0.0827. The van der Waals surface area contributed by atoms with E-state index in [0.717, 1.165) is 11.6 Å². The second-order valence-electron chi connectivity index (χ2n) is 5.33. The van der Waals surface area contributed by atoms with Crippen molar-refractivity contribution in [3.05, 3.63) is 69.0 Å². The first-order chi connectivity index (χ1) is 11.3. The Morgan fingerprint density at radius 3 is 2.29 bits per heavy atom. The lowest BCUT2D eigenvalue weighted by Crippen LogP contribution is -2.24. The molecular weight excluding hydrogens is 354 g/mol. The lowest BCUT2D eigenvalue weighted by atomic mass is 10.1. The zero-order valence-corrected chi connectivity index (χ0v) is 14.6. The van der Waals surface area contributed by atoms with Gasteiger partial charge < -0.3 is 10.2 Å². The standard InChI is InChI=1S/C17H15Cl2FN2O2/c1-22(2)17(24)11-5-3-10(4-6-11)9-21-16(23)12-7-15(20)14(19)8-13(12)18/h3-8H,9H2,1-2H3,(H,21,23). The van der Waals surface area contributed by atoms with Crippen LogP contribution in [0.3, 0.4) is 0 Å². The molecule has 0 spiro atoms. The third kappa shape index (κ3) is 4.24. The van der Waals surface area contributed by atoms with Crippen molar-refractivity contribution in [3.63, 3.8) is 0 Å². The van der Waals surface area contributed by atoms with Crippen molar-refractivity contribution in [2.75, 3.05) is 14.1 Å². The number of hydrogen-bond donors (Lipinski definition) is 1. The van der Waals surface area contributed by atoms with E-state index in [1.807, 2.05) is 0 Å². The van der Waals surface area contributed by atoms with Crippen LogP contribution in [0.4, 0.5) is 4.39 Å². The Hall–Kier alpha value is -2.11. The second kappa shape index (κ2) is 7.64. The molecule has 1 N–H and O–H groups in total. The van der Waals surface area contributed by atoms with Gasteiger partial charge in [-0.3, -0.25) is 9.59 Å². The SMILES string of the molecule is CN(C)C(=O)c1ccc(CNC(=O)c2cc(F)c(Cl)cc2Cl)cc1. The number of amides is 2. The molecule has 0 bridgehead atoms. The molecule has 0 heterocycles. The van der Waals surface area contributed by atoms with E-state index < -0.39 is 11.7 Å². The molecule has 126 valence electrons. The van der Waals surface area contributed by atoms with Crippen LogP contribution in [-0.4, -0.2) is 30.8 Å². The maximum absolute atomic E-state index is 13.5. The molecule has 24 heavy (non-hydrogen) atoms. The number of hydrogen-bond acceptors (Lipinski definition) is 2. The maximum Gasteiger partial charge on any atom is 0.253 e. The van der Waals surface area contributed by atoms with E-state index in [4.69, 9.17) is 23.2 Å². The highest BCUT2D eigenvalue weighted by Crippen LogP contribution is 2.24. The van der Waals surface area contributed by atoms with Crippen LogP contribution in [0.5, 0.6) is 0 Å². The van der Waals surface area contributed by atoms with Gasteiger partial charge in [-0.1, -0.05) is 35.3 Å². The number of benzene rings is 2. The molecule has 0 radical (unpaired) electrons. The van der Waals surface area contributed by atoms with Crippen LogP contribution in [-0.2, 0) is 6.54 Å². The van der Waals surface area contributed by atoms with Crippen LogP contribution in [0.2, 0.25) is 10.0 Å². The van der Waals surface area contributed by atoms with E-state index in [9.17, 15) is 14.0 Å². The first-order valence-electron chi connectivity index (χ1n) is 7.03. The van der Waals surface area contributed by atoms with Gasteiger partial charge in [0.25, 0.3) is 11.8 Å². The number of nitrogens with one attached hydrogen (secondary N) is 1. The van der Waals surface area contributed by atoms with Crippen LogP contribution >= 0.6 is 23.2 Å². The Balaban J connectivity index is 2.04. The number of halogens is 3. The summed E-state index contributed by atoms with van der Waals surface area (Å²) in [6.45, 7) is 0.218. The summed E-state index contributed by atoms with van der Waals surface area (Å²) in [5, 5.41) is 2.58. The summed E-state index contributed by atoms with van der Waals surface area (Å²) >= 11 is 11.5. The molecule has 0 saturated carbocycles. The Kier molecular flexibility index (Phi) is 5.80. The number of carbonyl (C=O) groups is 2. The summed E-state index contributed by atoms with van der Waals surface area (Å²) in [4.78, 5) is 25.4. The van der Waals surface area contributed by atoms with E-state index in [0.29, 0.717) is 5.56 Å². The molecule has 0 aliphatic carbocycles. The van der Waals surface area contributed by atoms with Crippen molar-refractivity contribution >= 4 is 35.0 Å². The minimum atomic E-state index is -0.710. The lowest BCUT2D eigenvalue weighted by Gasteiger charge is -2.11. The normalized spacial score (nSPS) is 10.4. The van der Waals surface area contributed by atoms with Crippen LogP contribution in [0.15, 0.2) is 36.4 Å². The molecule has 2 amide bonds. The van der Waals surface area contributed by atoms with Gasteiger partial charge in [-0.2, -0.15) is 0 Å². The summed E-state index contributed by atoms with van der Waals surface area (Å²) in [5.74, 6) is -1.32. The molecule has 0 aromatic heterocycles. The Labute approximate surface area is 149 Å². The van der Waals surface area contributed by atoms with E-state index in [2.05, 4.69) is 5.32 Å². The fourth-order valence-electron chi connectivity index (χ4n) is 2.00. The minimum Gasteiger partial charge on any atom is -0.348 e. The molecule has 0 saturated heterocycles.